The van der Waals surface area contributed by atoms with Gasteiger partial charge in [-0.15, -0.1) is 0 Å². The maximum Gasteiger partial charge on any atom is 0.410 e. The molecule has 0 bridgehead atoms. The Balaban J connectivity index is 1.26. The van der Waals surface area contributed by atoms with Gasteiger partial charge in [-0.1, -0.05) is 63.1 Å². The van der Waals surface area contributed by atoms with Crippen molar-refractivity contribution in [3.05, 3.63) is 47.5 Å². The third kappa shape index (κ3) is 8.81. The van der Waals surface area contributed by atoms with Gasteiger partial charge in [0.25, 0.3) is 5.91 Å². The smallest absolute Gasteiger partial charge is 0.410 e. The molecule has 0 radical (unpaired) electrons. The van der Waals surface area contributed by atoms with Gasteiger partial charge >= 0.3 is 12.2 Å². The van der Waals surface area contributed by atoms with Crippen LogP contribution >= 0.6 is 0 Å². The molecule has 15 heteroatoms. The molecule has 5 aliphatic rings. The highest BCUT2D eigenvalue weighted by Gasteiger charge is 2.62. The average molecular weight is 756 g/mol. The normalized spacial score (nSPS) is 28.9. The number of hydrogen-bond acceptors (Lipinski definition) is 9. The minimum Gasteiger partial charge on any atom is -0.444 e. The van der Waals surface area contributed by atoms with Crippen molar-refractivity contribution >= 4 is 39.9 Å². The topological polar surface area (TPSA) is 181 Å². The molecule has 53 heavy (non-hydrogen) atoms. The Morgan fingerprint density at radius 1 is 1.02 bits per heavy atom. The van der Waals surface area contributed by atoms with E-state index in [1.54, 1.807) is 25.7 Å². The number of nitrogens with zero attached hydrogens (tertiary/aromatic N) is 2. The Morgan fingerprint density at radius 2 is 1.75 bits per heavy atom. The molecule has 0 aromatic heterocycles. The fraction of sp³-hybridized carbons (Fsp3) is 0.658. The van der Waals surface area contributed by atoms with Crippen LogP contribution in [0.4, 0.5) is 9.59 Å². The van der Waals surface area contributed by atoms with Gasteiger partial charge < -0.3 is 29.9 Å². The first-order valence-electron chi connectivity index (χ1n) is 18.8. The number of sulfonamides is 1. The summed E-state index contributed by atoms with van der Waals surface area (Å²) in [6, 6.07) is 5.71. The number of fused-ring (bicyclic) bond motifs is 3. The lowest BCUT2D eigenvalue weighted by Crippen LogP contribution is -2.58. The van der Waals surface area contributed by atoms with Crippen LogP contribution < -0.4 is 15.4 Å². The van der Waals surface area contributed by atoms with Gasteiger partial charge in [-0.25, -0.2) is 18.0 Å². The van der Waals surface area contributed by atoms with Gasteiger partial charge in [0.05, 0.1) is 11.8 Å². The zero-order valence-electron chi connectivity index (χ0n) is 31.3. The van der Waals surface area contributed by atoms with Crippen LogP contribution in [0.2, 0.25) is 0 Å². The lowest BCUT2D eigenvalue weighted by Gasteiger charge is -2.39. The monoisotopic (exact) mass is 755 g/mol. The molecule has 3 fully saturated rings. The number of rotatable bonds is 5. The molecule has 1 aromatic carbocycles. The number of ether oxygens (including phenoxy) is 2. The molecule has 14 nitrogen and oxygen atoms in total. The predicted octanol–water partition coefficient (Wildman–Crippen LogP) is 3.78. The molecule has 290 valence electrons. The minimum absolute atomic E-state index is 0.0606. The van der Waals surface area contributed by atoms with Gasteiger partial charge in [0, 0.05) is 30.8 Å². The molecule has 5 atom stereocenters. The van der Waals surface area contributed by atoms with E-state index >= 15 is 0 Å². The first-order chi connectivity index (χ1) is 24.9. The second-order valence-electron chi connectivity index (χ2n) is 16.9. The van der Waals surface area contributed by atoms with E-state index in [9.17, 15) is 32.4 Å². The van der Waals surface area contributed by atoms with Crippen molar-refractivity contribution in [2.24, 2.45) is 5.92 Å². The molecule has 2 aliphatic carbocycles. The van der Waals surface area contributed by atoms with Gasteiger partial charge in [-0.05, 0) is 70.4 Å². The van der Waals surface area contributed by atoms with E-state index in [4.69, 9.17) is 9.47 Å². The first kappa shape index (κ1) is 38.6. The van der Waals surface area contributed by atoms with Crippen molar-refractivity contribution < 1.29 is 41.9 Å². The van der Waals surface area contributed by atoms with E-state index in [2.05, 4.69) is 35.3 Å². The van der Waals surface area contributed by atoms with Crippen molar-refractivity contribution in [2.45, 2.75) is 139 Å². The molecular weight excluding hydrogens is 703 g/mol. The summed E-state index contributed by atoms with van der Waals surface area (Å²) in [5, 5.41) is 4.90. The van der Waals surface area contributed by atoms with Crippen LogP contribution in [0.25, 0.3) is 0 Å². The second kappa shape index (κ2) is 14.6. The molecule has 3 N–H and O–H groups in total. The Morgan fingerprint density at radius 3 is 2.47 bits per heavy atom. The van der Waals surface area contributed by atoms with Crippen molar-refractivity contribution in [3.8, 4) is 0 Å². The molecule has 0 unspecified atom stereocenters. The van der Waals surface area contributed by atoms with Gasteiger partial charge in [-0.3, -0.25) is 19.1 Å². The molecule has 5 amide bonds. The summed E-state index contributed by atoms with van der Waals surface area (Å²) in [6.07, 6.45) is 5.69. The van der Waals surface area contributed by atoms with Crippen molar-refractivity contribution in [1.29, 1.82) is 0 Å². The molecule has 3 heterocycles. The highest BCUT2D eigenvalue weighted by Crippen LogP contribution is 2.46. The van der Waals surface area contributed by atoms with E-state index < -0.39 is 80.4 Å². The largest absolute Gasteiger partial charge is 0.444 e. The number of carbonyl (C=O) groups is 5. The Labute approximate surface area is 311 Å². The summed E-state index contributed by atoms with van der Waals surface area (Å²) < 4.78 is 39.3. The van der Waals surface area contributed by atoms with Crippen LogP contribution in [0.5, 0.6) is 0 Å². The molecule has 1 aromatic rings. The maximum atomic E-state index is 14.4. The van der Waals surface area contributed by atoms with Crippen LogP contribution in [-0.2, 0) is 45.8 Å². The van der Waals surface area contributed by atoms with E-state index in [1.807, 2.05) is 30.4 Å². The first-order valence-corrected chi connectivity index (χ1v) is 20.3. The standard InChI is InChI=1S/C38H53N5O9S/c1-36(2,3)52-34(47)39-29-16-10-8-6-7-9-14-25-20-38(25,33(46)41-53(49,50)27-17-18-27)40-31(44)30-19-26(22-43(30)32(29)45)51-35(48)42-21-24-13-11-12-15-28(24)37(4,5)23-42/h9,11-15,25-27,29-30H,6-8,10,16-23H2,1-5H3,(H,39,47)(H,40,44)(H,41,46)/t25-,26-,29-,30+,38-/m1/s1. The number of carbonyl (C=O) groups excluding carboxylic acids is 5. The summed E-state index contributed by atoms with van der Waals surface area (Å²) >= 11 is 0. The molecular formula is C38H53N5O9S. The van der Waals surface area contributed by atoms with Crippen LogP contribution in [0, 0.1) is 5.92 Å². The second-order valence-corrected chi connectivity index (χ2v) is 18.8. The Hall–Kier alpha value is -4.14. The van der Waals surface area contributed by atoms with Crippen molar-refractivity contribution in [1.82, 2.24) is 25.2 Å². The SMILES string of the molecule is CC(C)(C)OC(=O)N[C@@H]1CCCCCC=C[C@@H]2C[C@@]2(C(=O)NS(=O)(=O)C2CC2)NC(=O)[C@@H]2C[C@@H](OC(=O)N3Cc4ccccc4C(C)(C)C3)CN2C1=O. The zero-order valence-corrected chi connectivity index (χ0v) is 32.1. The number of allylic oxidation sites excluding steroid dienone is 1. The molecule has 6 rings (SSSR count). The fourth-order valence-electron chi connectivity index (χ4n) is 7.79. The van der Waals surface area contributed by atoms with Crippen molar-refractivity contribution in [3.63, 3.8) is 0 Å². The van der Waals surface area contributed by atoms with Gasteiger partial charge in [0.15, 0.2) is 0 Å². The van der Waals surface area contributed by atoms with Crippen LogP contribution in [-0.4, -0.2) is 95.8 Å². The third-order valence-electron chi connectivity index (χ3n) is 10.8. The molecule has 0 spiro atoms. The predicted molar refractivity (Wildman–Crippen MR) is 195 cm³/mol. The van der Waals surface area contributed by atoms with Crippen LogP contribution in [0.3, 0.4) is 0 Å². The number of benzene rings is 1. The van der Waals surface area contributed by atoms with Crippen molar-refractivity contribution in [2.75, 3.05) is 13.1 Å². The Kier molecular flexibility index (Phi) is 10.6. The highest BCUT2D eigenvalue weighted by atomic mass is 32.2. The summed E-state index contributed by atoms with van der Waals surface area (Å²) in [4.78, 5) is 71.9. The van der Waals surface area contributed by atoms with Crippen LogP contribution in [0.15, 0.2) is 36.4 Å². The fourth-order valence-corrected chi connectivity index (χ4v) is 9.15. The molecule has 2 saturated carbocycles. The summed E-state index contributed by atoms with van der Waals surface area (Å²) in [7, 11) is -3.90. The van der Waals surface area contributed by atoms with Gasteiger partial charge in [0.2, 0.25) is 21.8 Å². The third-order valence-corrected chi connectivity index (χ3v) is 12.6. The lowest BCUT2D eigenvalue weighted by atomic mass is 9.78. The summed E-state index contributed by atoms with van der Waals surface area (Å²) in [5.41, 5.74) is -0.529. The average Bonchev–Trinajstić information content (AvgIpc) is 3.99. The maximum absolute atomic E-state index is 14.4. The lowest BCUT2D eigenvalue weighted by molar-refractivity contribution is -0.141. The van der Waals surface area contributed by atoms with E-state index in [0.717, 1.165) is 24.0 Å². The van der Waals surface area contributed by atoms with E-state index in [-0.39, 0.29) is 31.2 Å². The summed E-state index contributed by atoms with van der Waals surface area (Å²) in [5.74, 6) is -2.48. The summed E-state index contributed by atoms with van der Waals surface area (Å²) in [6.45, 7) is 9.88. The highest BCUT2D eigenvalue weighted by molar-refractivity contribution is 7.91. The van der Waals surface area contributed by atoms with E-state index in [0.29, 0.717) is 38.8 Å². The molecule has 3 aliphatic heterocycles. The van der Waals surface area contributed by atoms with Gasteiger partial charge in [0.1, 0.15) is 29.3 Å². The number of nitrogens with one attached hydrogen (secondary N) is 3. The Bertz CT molecular complexity index is 1770. The number of amides is 5. The number of hydrogen-bond donors (Lipinski definition) is 3. The van der Waals surface area contributed by atoms with Gasteiger partial charge in [-0.2, -0.15) is 0 Å². The molecule has 1 saturated heterocycles. The van der Waals surface area contributed by atoms with Crippen LogP contribution in [0.1, 0.15) is 104 Å². The minimum atomic E-state index is -3.90. The van der Waals surface area contributed by atoms with E-state index in [1.165, 1.54) is 4.90 Å². The zero-order chi connectivity index (χ0) is 38.3. The number of alkyl carbamates (subject to hydrolysis) is 1. The quantitative estimate of drug-likeness (QED) is 0.377.